The molecular formula is C23H26N2O6. The molecule has 0 aliphatic carbocycles. The Bertz CT molecular complexity index is 996. The van der Waals surface area contributed by atoms with Gasteiger partial charge < -0.3 is 19.1 Å². The molecule has 1 aliphatic rings. The van der Waals surface area contributed by atoms with E-state index in [1.54, 1.807) is 69.0 Å². The minimum absolute atomic E-state index is 0.0938. The zero-order valence-corrected chi connectivity index (χ0v) is 18.1. The molecule has 0 spiro atoms. The molecule has 2 aromatic rings. The van der Waals surface area contributed by atoms with Crippen LogP contribution in [0.15, 0.2) is 42.5 Å². The van der Waals surface area contributed by atoms with Gasteiger partial charge in [0, 0.05) is 5.69 Å². The van der Waals surface area contributed by atoms with Crippen molar-refractivity contribution in [3.63, 3.8) is 0 Å². The summed E-state index contributed by atoms with van der Waals surface area (Å²) in [6.45, 7) is 7.50. The molecule has 0 bridgehead atoms. The van der Waals surface area contributed by atoms with Gasteiger partial charge in [0.25, 0.3) is 5.91 Å². The van der Waals surface area contributed by atoms with E-state index in [9.17, 15) is 14.4 Å². The fourth-order valence-electron chi connectivity index (χ4n) is 3.07. The summed E-state index contributed by atoms with van der Waals surface area (Å²) in [5.74, 6) is -0.124. The molecule has 1 N–H and O–H groups in total. The lowest BCUT2D eigenvalue weighted by atomic mass is 10.1. The number of carbonyl (C=O) groups excluding carboxylic acids is 3. The Balaban J connectivity index is 1.83. The van der Waals surface area contributed by atoms with Crippen LogP contribution in [0, 0.1) is 0 Å². The number of hydrogen-bond donors (Lipinski definition) is 1. The molecule has 8 heteroatoms. The van der Waals surface area contributed by atoms with Crippen LogP contribution in [-0.2, 0) is 20.8 Å². The van der Waals surface area contributed by atoms with Crippen LogP contribution >= 0.6 is 0 Å². The molecule has 0 atom stereocenters. The highest BCUT2D eigenvalue weighted by atomic mass is 16.6. The minimum Gasteiger partial charge on any atom is -0.482 e. The summed E-state index contributed by atoms with van der Waals surface area (Å²) in [5, 5.41) is 2.67. The van der Waals surface area contributed by atoms with Gasteiger partial charge >= 0.3 is 12.1 Å². The Labute approximate surface area is 181 Å². The number of anilines is 2. The molecule has 8 nitrogen and oxygen atoms in total. The molecule has 0 saturated carbocycles. The number of ether oxygens (including phenoxy) is 3. The van der Waals surface area contributed by atoms with Crippen LogP contribution in [-0.4, -0.2) is 36.8 Å². The van der Waals surface area contributed by atoms with E-state index in [2.05, 4.69) is 5.32 Å². The molecule has 2 aromatic carbocycles. The molecule has 3 rings (SSSR count). The number of amides is 2. The van der Waals surface area contributed by atoms with Crippen molar-refractivity contribution in [3.8, 4) is 5.75 Å². The average Bonchev–Trinajstić information content (AvgIpc) is 2.69. The zero-order chi connectivity index (χ0) is 22.6. The third kappa shape index (κ3) is 5.75. The predicted octanol–water partition coefficient (Wildman–Crippen LogP) is 4.14. The third-order valence-corrected chi connectivity index (χ3v) is 4.33. The third-order valence-electron chi connectivity index (χ3n) is 4.33. The number of carbonyl (C=O) groups is 3. The largest absolute Gasteiger partial charge is 0.482 e. The minimum atomic E-state index is -0.632. The van der Waals surface area contributed by atoms with E-state index in [1.807, 2.05) is 6.07 Å². The molecule has 31 heavy (non-hydrogen) atoms. The number of hydrogen-bond acceptors (Lipinski definition) is 6. The van der Waals surface area contributed by atoms with E-state index in [-0.39, 0.29) is 25.7 Å². The lowest BCUT2D eigenvalue weighted by molar-refractivity contribution is -0.121. The normalized spacial score (nSPS) is 13.2. The Morgan fingerprint density at radius 3 is 2.65 bits per heavy atom. The number of benzene rings is 2. The van der Waals surface area contributed by atoms with Crippen LogP contribution in [0.4, 0.5) is 16.2 Å². The maximum Gasteiger partial charge on any atom is 0.412 e. The van der Waals surface area contributed by atoms with Gasteiger partial charge in [-0.2, -0.15) is 0 Å². The van der Waals surface area contributed by atoms with E-state index in [0.29, 0.717) is 22.7 Å². The molecule has 164 valence electrons. The Hall–Kier alpha value is -3.55. The van der Waals surface area contributed by atoms with Gasteiger partial charge in [0.05, 0.1) is 24.4 Å². The molecule has 0 radical (unpaired) electrons. The van der Waals surface area contributed by atoms with Crippen LogP contribution in [0.25, 0.3) is 0 Å². The van der Waals surface area contributed by atoms with Crippen molar-refractivity contribution in [2.24, 2.45) is 0 Å². The molecule has 0 saturated heterocycles. The quantitative estimate of drug-likeness (QED) is 0.723. The number of esters is 1. The summed E-state index contributed by atoms with van der Waals surface area (Å²) < 4.78 is 15.9. The maximum atomic E-state index is 12.6. The molecule has 1 aliphatic heterocycles. The zero-order valence-electron chi connectivity index (χ0n) is 18.1. The Morgan fingerprint density at radius 2 is 1.94 bits per heavy atom. The highest BCUT2D eigenvalue weighted by Crippen LogP contribution is 2.35. The summed E-state index contributed by atoms with van der Waals surface area (Å²) in [6, 6.07) is 12.0. The second kappa shape index (κ2) is 9.07. The lowest BCUT2D eigenvalue weighted by Gasteiger charge is -2.30. The maximum absolute atomic E-state index is 12.6. The van der Waals surface area contributed by atoms with Crippen molar-refractivity contribution < 1.29 is 28.6 Å². The molecule has 2 amide bonds. The first kappa shape index (κ1) is 22.1. The van der Waals surface area contributed by atoms with Crippen LogP contribution in [0.5, 0.6) is 5.75 Å². The van der Waals surface area contributed by atoms with Gasteiger partial charge in [-0.1, -0.05) is 12.1 Å². The number of nitrogens with zero attached hydrogens (tertiary/aromatic N) is 1. The Kier molecular flexibility index (Phi) is 6.48. The van der Waals surface area contributed by atoms with Crippen LogP contribution in [0.3, 0.4) is 0 Å². The first-order valence-corrected chi connectivity index (χ1v) is 9.99. The van der Waals surface area contributed by atoms with Gasteiger partial charge in [0.15, 0.2) is 6.61 Å². The highest BCUT2D eigenvalue weighted by Gasteiger charge is 2.27. The van der Waals surface area contributed by atoms with Gasteiger partial charge in [-0.3, -0.25) is 10.1 Å². The van der Waals surface area contributed by atoms with Crippen molar-refractivity contribution in [2.45, 2.75) is 39.8 Å². The molecule has 0 fully saturated rings. The van der Waals surface area contributed by atoms with Crippen LogP contribution in [0.1, 0.15) is 43.6 Å². The first-order chi connectivity index (χ1) is 14.7. The van der Waals surface area contributed by atoms with E-state index < -0.39 is 17.7 Å². The van der Waals surface area contributed by atoms with E-state index in [1.165, 1.54) is 0 Å². The van der Waals surface area contributed by atoms with Gasteiger partial charge in [-0.25, -0.2) is 9.59 Å². The topological polar surface area (TPSA) is 94.2 Å². The highest BCUT2D eigenvalue weighted by molar-refractivity contribution is 5.99. The van der Waals surface area contributed by atoms with Gasteiger partial charge in [-0.15, -0.1) is 0 Å². The van der Waals surface area contributed by atoms with Crippen molar-refractivity contribution in [2.75, 3.05) is 23.4 Å². The number of fused-ring (bicyclic) bond motifs is 1. The second-order valence-corrected chi connectivity index (χ2v) is 8.00. The predicted molar refractivity (Wildman–Crippen MR) is 115 cm³/mol. The fourth-order valence-corrected chi connectivity index (χ4v) is 3.07. The standard InChI is InChI=1S/C23H26N2O6/c1-5-29-21(27)16-8-6-7-15(11-16)13-25-18-12-17(24-22(28)31-23(2,3)4)9-10-19(18)30-14-20(25)26/h6-12H,5,13-14H2,1-4H3,(H,24,28). The fraction of sp³-hybridized carbons (Fsp3) is 0.348. The SMILES string of the molecule is CCOC(=O)c1cccc(CN2C(=O)COc3ccc(NC(=O)OC(C)(C)C)cc32)c1. The summed E-state index contributed by atoms with van der Waals surface area (Å²) in [5.41, 5.74) is 1.54. The smallest absolute Gasteiger partial charge is 0.412 e. The van der Waals surface area contributed by atoms with Crippen molar-refractivity contribution >= 4 is 29.3 Å². The number of rotatable bonds is 5. The van der Waals surface area contributed by atoms with E-state index in [0.717, 1.165) is 5.56 Å². The van der Waals surface area contributed by atoms with Crippen molar-refractivity contribution in [1.82, 2.24) is 0 Å². The Morgan fingerprint density at radius 1 is 1.16 bits per heavy atom. The summed E-state index contributed by atoms with van der Waals surface area (Å²) in [6.07, 6.45) is -0.593. The monoisotopic (exact) mass is 426 g/mol. The molecule has 0 unspecified atom stereocenters. The molecule has 0 aromatic heterocycles. The van der Waals surface area contributed by atoms with Crippen LogP contribution in [0.2, 0.25) is 0 Å². The van der Waals surface area contributed by atoms with Gasteiger partial charge in [0.1, 0.15) is 11.4 Å². The summed E-state index contributed by atoms with van der Waals surface area (Å²) >= 11 is 0. The molecule has 1 heterocycles. The number of nitrogens with one attached hydrogen (secondary N) is 1. The van der Waals surface area contributed by atoms with Crippen molar-refractivity contribution in [3.05, 3.63) is 53.6 Å². The lowest BCUT2D eigenvalue weighted by Crippen LogP contribution is -2.38. The van der Waals surface area contributed by atoms with Gasteiger partial charge in [-0.05, 0) is 63.6 Å². The molecular weight excluding hydrogens is 400 g/mol. The summed E-state index contributed by atoms with van der Waals surface area (Å²) in [7, 11) is 0. The summed E-state index contributed by atoms with van der Waals surface area (Å²) in [4.78, 5) is 38.3. The van der Waals surface area contributed by atoms with Crippen molar-refractivity contribution in [1.29, 1.82) is 0 Å². The first-order valence-electron chi connectivity index (χ1n) is 9.99. The second-order valence-electron chi connectivity index (χ2n) is 8.00. The average molecular weight is 426 g/mol. The van der Waals surface area contributed by atoms with E-state index in [4.69, 9.17) is 14.2 Å². The van der Waals surface area contributed by atoms with Crippen LogP contribution < -0.4 is 15.0 Å². The van der Waals surface area contributed by atoms with E-state index >= 15 is 0 Å². The van der Waals surface area contributed by atoms with Gasteiger partial charge in [0.2, 0.25) is 0 Å².